The number of nitrogens with zero attached hydrogens (tertiary/aromatic N) is 2. The fourth-order valence-electron chi connectivity index (χ4n) is 1.60. The van der Waals surface area contributed by atoms with Crippen LogP contribution in [0.2, 0.25) is 0 Å². The highest BCUT2D eigenvalue weighted by Crippen LogP contribution is 2.39. The van der Waals surface area contributed by atoms with Gasteiger partial charge in [-0.25, -0.2) is 0 Å². The van der Waals surface area contributed by atoms with Gasteiger partial charge in [0.2, 0.25) is 5.91 Å². The highest BCUT2D eigenvalue weighted by molar-refractivity contribution is 5.92. The zero-order valence-corrected chi connectivity index (χ0v) is 10.9. The molecule has 0 saturated carbocycles. The van der Waals surface area contributed by atoms with Gasteiger partial charge in [0.25, 0.3) is 5.75 Å². The number of amides is 1. The van der Waals surface area contributed by atoms with Gasteiger partial charge in [-0.15, -0.1) is 0 Å². The summed E-state index contributed by atoms with van der Waals surface area (Å²) >= 11 is 0. The van der Waals surface area contributed by atoms with Crippen LogP contribution in [0.3, 0.4) is 0 Å². The molecule has 108 valence electrons. The van der Waals surface area contributed by atoms with E-state index >= 15 is 0 Å². The third-order valence-electron chi connectivity index (χ3n) is 2.41. The van der Waals surface area contributed by atoms with Gasteiger partial charge in [-0.3, -0.25) is 25.0 Å². The van der Waals surface area contributed by atoms with Crippen LogP contribution in [0.15, 0.2) is 12.1 Å². The first-order valence-corrected chi connectivity index (χ1v) is 5.71. The molecule has 0 spiro atoms. The maximum Gasteiger partial charge on any atom is 0.320 e. The molecule has 0 aliphatic carbocycles. The Bertz CT molecular complexity index is 522. The lowest BCUT2D eigenvalue weighted by molar-refractivity contribution is -0.395. The predicted octanol–water partition coefficient (Wildman–Crippen LogP) is 2.25. The van der Waals surface area contributed by atoms with Gasteiger partial charge in [-0.1, -0.05) is 6.92 Å². The van der Waals surface area contributed by atoms with Crippen LogP contribution in [0, 0.1) is 20.2 Å². The quantitative estimate of drug-likeness (QED) is 0.630. The molecule has 0 saturated heterocycles. The lowest BCUT2D eigenvalue weighted by atomic mass is 10.2. The molecule has 0 aliphatic heterocycles. The van der Waals surface area contributed by atoms with Gasteiger partial charge < -0.3 is 10.1 Å². The third-order valence-corrected chi connectivity index (χ3v) is 2.41. The molecule has 0 heterocycles. The Morgan fingerprint density at radius 1 is 1.25 bits per heavy atom. The van der Waals surface area contributed by atoms with E-state index < -0.39 is 27.0 Å². The zero-order valence-electron chi connectivity index (χ0n) is 10.9. The van der Waals surface area contributed by atoms with Gasteiger partial charge in [0.1, 0.15) is 0 Å². The maximum atomic E-state index is 11.4. The molecule has 1 N–H and O–H groups in total. The highest BCUT2D eigenvalue weighted by atomic mass is 16.6. The Hall–Kier alpha value is -2.71. The summed E-state index contributed by atoms with van der Waals surface area (Å²) in [5, 5.41) is 24.2. The van der Waals surface area contributed by atoms with Crippen molar-refractivity contribution in [3.8, 4) is 5.75 Å². The summed E-state index contributed by atoms with van der Waals surface area (Å²) in [4.78, 5) is 31.7. The van der Waals surface area contributed by atoms with E-state index in [0.717, 1.165) is 19.2 Å². The molecule has 20 heavy (non-hydrogen) atoms. The molecule has 1 rings (SSSR count). The van der Waals surface area contributed by atoms with Crippen molar-refractivity contribution in [1.82, 2.24) is 0 Å². The van der Waals surface area contributed by atoms with Crippen molar-refractivity contribution in [1.29, 1.82) is 0 Å². The number of carbonyl (C=O) groups excluding carboxylic acids is 1. The molecule has 0 aliphatic rings. The van der Waals surface area contributed by atoms with Gasteiger partial charge >= 0.3 is 11.4 Å². The average Bonchev–Trinajstić information content (AvgIpc) is 2.37. The lowest BCUT2D eigenvalue weighted by Gasteiger charge is -2.07. The van der Waals surface area contributed by atoms with Gasteiger partial charge in [0, 0.05) is 18.6 Å². The Morgan fingerprint density at radius 3 is 2.10 bits per heavy atom. The molecule has 0 atom stereocenters. The molecule has 9 heteroatoms. The minimum atomic E-state index is -0.804. The van der Waals surface area contributed by atoms with Gasteiger partial charge in [0.05, 0.1) is 22.6 Å². The molecule has 0 bridgehead atoms. The van der Waals surface area contributed by atoms with E-state index in [2.05, 4.69) is 5.32 Å². The Kier molecular flexibility index (Phi) is 4.95. The van der Waals surface area contributed by atoms with Gasteiger partial charge in [-0.2, -0.15) is 0 Å². The van der Waals surface area contributed by atoms with Crippen molar-refractivity contribution in [2.75, 3.05) is 12.4 Å². The average molecular weight is 283 g/mol. The van der Waals surface area contributed by atoms with E-state index in [4.69, 9.17) is 4.74 Å². The van der Waals surface area contributed by atoms with E-state index in [1.807, 2.05) is 0 Å². The number of hydrogen-bond donors (Lipinski definition) is 1. The standard InChI is InChI=1S/C11H13N3O6/c1-3-4-10(15)12-7-5-8(13(16)17)11(20-2)9(6-7)14(18)19/h5-6H,3-4H2,1-2H3,(H,12,15). The molecule has 1 aromatic rings. The minimum absolute atomic E-state index is 0.0114. The SMILES string of the molecule is CCCC(=O)Nc1cc([N+](=O)[O-])c(OC)c([N+](=O)[O-])c1. The number of carbonyl (C=O) groups is 1. The second-order valence-electron chi connectivity index (χ2n) is 3.86. The molecule has 0 aromatic heterocycles. The molecule has 0 fully saturated rings. The topological polar surface area (TPSA) is 125 Å². The van der Waals surface area contributed by atoms with Crippen molar-refractivity contribution in [3.05, 3.63) is 32.4 Å². The number of ether oxygens (including phenoxy) is 1. The first kappa shape index (κ1) is 15.3. The van der Waals surface area contributed by atoms with E-state index in [-0.39, 0.29) is 18.0 Å². The Labute approximate surface area is 113 Å². The first-order chi connectivity index (χ1) is 9.40. The number of benzene rings is 1. The molecule has 1 amide bonds. The third kappa shape index (κ3) is 3.40. The minimum Gasteiger partial charge on any atom is -0.485 e. The first-order valence-electron chi connectivity index (χ1n) is 5.71. The maximum absolute atomic E-state index is 11.4. The number of methoxy groups -OCH3 is 1. The van der Waals surface area contributed by atoms with E-state index in [0.29, 0.717) is 6.42 Å². The number of anilines is 1. The van der Waals surface area contributed by atoms with Crippen molar-refractivity contribution >= 4 is 23.0 Å². The van der Waals surface area contributed by atoms with Crippen LogP contribution in [0.25, 0.3) is 0 Å². The number of hydrogen-bond acceptors (Lipinski definition) is 6. The van der Waals surface area contributed by atoms with E-state index in [9.17, 15) is 25.0 Å². The summed E-state index contributed by atoms with van der Waals surface area (Å²) in [6, 6.07) is 2.05. The lowest BCUT2D eigenvalue weighted by Crippen LogP contribution is -2.11. The van der Waals surface area contributed by atoms with Crippen LogP contribution < -0.4 is 10.1 Å². The number of rotatable bonds is 6. The number of nitro benzene ring substituents is 2. The molecule has 1 aromatic carbocycles. The van der Waals surface area contributed by atoms with Crippen molar-refractivity contribution in [2.45, 2.75) is 19.8 Å². The van der Waals surface area contributed by atoms with Crippen LogP contribution in [0.4, 0.5) is 17.1 Å². The second-order valence-corrected chi connectivity index (χ2v) is 3.86. The fraction of sp³-hybridized carbons (Fsp3) is 0.364. The molecule has 0 radical (unpaired) electrons. The summed E-state index contributed by atoms with van der Waals surface area (Å²) in [6.45, 7) is 1.79. The molecule has 0 unspecified atom stereocenters. The predicted molar refractivity (Wildman–Crippen MR) is 69.8 cm³/mol. The largest absolute Gasteiger partial charge is 0.485 e. The fourth-order valence-corrected chi connectivity index (χ4v) is 1.60. The summed E-state index contributed by atoms with van der Waals surface area (Å²) in [7, 11) is 1.10. The van der Waals surface area contributed by atoms with Crippen molar-refractivity contribution < 1.29 is 19.4 Å². The second kappa shape index (κ2) is 6.45. The number of nitro groups is 2. The smallest absolute Gasteiger partial charge is 0.320 e. The summed E-state index contributed by atoms with van der Waals surface area (Å²) in [5.41, 5.74) is -1.16. The van der Waals surface area contributed by atoms with Crippen LogP contribution in [0.5, 0.6) is 5.75 Å². The molecule has 9 nitrogen and oxygen atoms in total. The molecular formula is C11H13N3O6. The summed E-state index contributed by atoms with van der Waals surface area (Å²) < 4.78 is 4.71. The summed E-state index contributed by atoms with van der Waals surface area (Å²) in [6.07, 6.45) is 0.805. The highest BCUT2D eigenvalue weighted by Gasteiger charge is 2.28. The zero-order chi connectivity index (χ0) is 15.3. The van der Waals surface area contributed by atoms with E-state index in [1.54, 1.807) is 6.92 Å². The Morgan fingerprint density at radius 2 is 1.75 bits per heavy atom. The van der Waals surface area contributed by atoms with Crippen molar-refractivity contribution in [2.24, 2.45) is 0 Å². The summed E-state index contributed by atoms with van der Waals surface area (Å²) in [5.74, 6) is -0.824. The monoisotopic (exact) mass is 283 g/mol. The van der Waals surface area contributed by atoms with Crippen LogP contribution in [-0.4, -0.2) is 22.9 Å². The molecular weight excluding hydrogens is 270 g/mol. The van der Waals surface area contributed by atoms with Gasteiger partial charge in [0.15, 0.2) is 0 Å². The van der Waals surface area contributed by atoms with Crippen LogP contribution in [-0.2, 0) is 4.79 Å². The van der Waals surface area contributed by atoms with Crippen LogP contribution >= 0.6 is 0 Å². The van der Waals surface area contributed by atoms with E-state index in [1.165, 1.54) is 0 Å². The van der Waals surface area contributed by atoms with Crippen molar-refractivity contribution in [3.63, 3.8) is 0 Å². The number of nitrogens with one attached hydrogen (secondary N) is 1. The normalized spacial score (nSPS) is 9.90. The van der Waals surface area contributed by atoms with Gasteiger partial charge in [-0.05, 0) is 6.42 Å². The van der Waals surface area contributed by atoms with Crippen LogP contribution in [0.1, 0.15) is 19.8 Å². The Balaban J connectivity index is 3.31.